The molecule has 3 saturated heterocycles. The van der Waals surface area contributed by atoms with E-state index in [1.54, 1.807) is 4.90 Å². The highest BCUT2D eigenvalue weighted by molar-refractivity contribution is 5.06. The fourth-order valence-electron chi connectivity index (χ4n) is 4.22. The first-order valence-corrected chi connectivity index (χ1v) is 13.4. The number of nitrogens with zero attached hydrogens (tertiary/aromatic N) is 3. The molecule has 0 aromatic heterocycles. The molecule has 0 amide bonds. The third kappa shape index (κ3) is 13.1. The molecule has 3 rings (SSSR count). The zero-order valence-electron chi connectivity index (χ0n) is 24.7. The highest BCUT2D eigenvalue weighted by Gasteiger charge is 2.44. The molecule has 3 aliphatic rings. The number of allylic oxidation sites excluding steroid dienone is 3. The second-order valence-corrected chi connectivity index (χ2v) is 14.5. The predicted octanol–water partition coefficient (Wildman–Crippen LogP) is 8.12. The van der Waals surface area contributed by atoms with Gasteiger partial charge in [0.05, 0.1) is 26.2 Å². The van der Waals surface area contributed by atoms with Crippen LogP contribution >= 0.6 is 0 Å². The highest BCUT2D eigenvalue weighted by atomic mass is 19.3. The SMILES string of the molecule is C=C(CC(C)(C)C)N1CC(F)(F)C1.C=C(CC(C)(C)C)N1CC(F)C1.C=C(CC(C)(C)C)N1CCC1. The van der Waals surface area contributed by atoms with Crippen molar-refractivity contribution in [1.82, 2.24) is 14.7 Å². The molecule has 0 unspecified atom stereocenters. The molecule has 0 saturated carbocycles. The van der Waals surface area contributed by atoms with E-state index in [9.17, 15) is 13.2 Å². The maximum absolute atomic E-state index is 12.5. The van der Waals surface area contributed by atoms with E-state index >= 15 is 0 Å². The maximum atomic E-state index is 12.5. The van der Waals surface area contributed by atoms with E-state index in [1.807, 2.05) is 4.90 Å². The van der Waals surface area contributed by atoms with Gasteiger partial charge in [-0.25, -0.2) is 13.2 Å². The Bertz CT molecular complexity index is 735. The molecular formula is C30H54F3N3. The monoisotopic (exact) mass is 513 g/mol. The Morgan fingerprint density at radius 3 is 1.25 bits per heavy atom. The van der Waals surface area contributed by atoms with Crippen LogP contribution in [0.5, 0.6) is 0 Å². The number of halogens is 3. The highest BCUT2D eigenvalue weighted by Crippen LogP contribution is 2.34. The number of hydrogen-bond acceptors (Lipinski definition) is 3. The molecule has 3 aliphatic heterocycles. The Morgan fingerprint density at radius 1 is 0.667 bits per heavy atom. The van der Waals surface area contributed by atoms with Crippen LogP contribution in [0.1, 0.15) is 88.0 Å². The molecule has 210 valence electrons. The first-order chi connectivity index (χ1) is 16.1. The molecule has 0 bridgehead atoms. The standard InChI is InChI=1S/C10H17F2N.C10H18FN.C10H19N/c1-8(5-9(2,3)4)13-6-10(11,12)7-13;1-8(5-10(2,3)4)12-6-9(11)7-12;1-9(8-10(2,3)4)11-6-5-7-11/h1,5-7H2,2-4H3;9H,1,5-7H2,2-4H3;1,5-8H2,2-4H3. The van der Waals surface area contributed by atoms with Gasteiger partial charge in [0.1, 0.15) is 6.17 Å². The zero-order valence-corrected chi connectivity index (χ0v) is 24.7. The van der Waals surface area contributed by atoms with Crippen molar-refractivity contribution in [3.63, 3.8) is 0 Å². The van der Waals surface area contributed by atoms with Crippen LogP contribution in [0.4, 0.5) is 13.2 Å². The molecule has 36 heavy (non-hydrogen) atoms. The van der Waals surface area contributed by atoms with Crippen LogP contribution < -0.4 is 0 Å². The summed E-state index contributed by atoms with van der Waals surface area (Å²) in [6.07, 6.45) is 3.60. The van der Waals surface area contributed by atoms with Crippen LogP contribution in [0.25, 0.3) is 0 Å². The summed E-state index contributed by atoms with van der Waals surface area (Å²) in [6, 6.07) is 0. The van der Waals surface area contributed by atoms with Crippen LogP contribution in [-0.2, 0) is 0 Å². The molecule has 0 radical (unpaired) electrons. The lowest BCUT2D eigenvalue weighted by Crippen LogP contribution is -2.55. The van der Waals surface area contributed by atoms with E-state index in [4.69, 9.17) is 0 Å². The van der Waals surface area contributed by atoms with E-state index in [-0.39, 0.29) is 23.9 Å². The maximum Gasteiger partial charge on any atom is 0.282 e. The third-order valence-electron chi connectivity index (χ3n) is 6.08. The summed E-state index contributed by atoms with van der Waals surface area (Å²) >= 11 is 0. The molecule has 3 fully saturated rings. The topological polar surface area (TPSA) is 9.72 Å². The minimum Gasteiger partial charge on any atom is -0.375 e. The number of hydrogen-bond donors (Lipinski definition) is 0. The Labute approximate surface area is 220 Å². The Balaban J connectivity index is 0.000000271. The summed E-state index contributed by atoms with van der Waals surface area (Å²) in [5.41, 5.74) is 4.02. The first kappa shape index (κ1) is 32.4. The van der Waals surface area contributed by atoms with Crippen molar-refractivity contribution in [1.29, 1.82) is 0 Å². The fraction of sp³-hybridized carbons (Fsp3) is 0.800. The Kier molecular flexibility index (Phi) is 11.1. The molecule has 3 nitrogen and oxygen atoms in total. The minimum absolute atomic E-state index is 0.127. The van der Waals surface area contributed by atoms with Gasteiger partial charge in [-0.15, -0.1) is 0 Å². The summed E-state index contributed by atoms with van der Waals surface area (Å²) in [5, 5.41) is 0. The van der Waals surface area contributed by atoms with Gasteiger partial charge in [-0.05, 0) is 41.9 Å². The summed E-state index contributed by atoms with van der Waals surface area (Å²) < 4.78 is 37.5. The second-order valence-electron chi connectivity index (χ2n) is 14.5. The number of alkyl halides is 3. The van der Waals surface area contributed by atoms with E-state index < -0.39 is 12.1 Å². The van der Waals surface area contributed by atoms with Gasteiger partial charge in [0, 0.05) is 30.2 Å². The average molecular weight is 514 g/mol. The number of likely N-dealkylation sites (tertiary alicyclic amines) is 3. The fourth-order valence-corrected chi connectivity index (χ4v) is 4.22. The van der Waals surface area contributed by atoms with E-state index in [1.165, 1.54) is 25.2 Å². The molecule has 0 aromatic carbocycles. The van der Waals surface area contributed by atoms with Crippen molar-refractivity contribution in [2.75, 3.05) is 39.3 Å². The van der Waals surface area contributed by atoms with Gasteiger partial charge in [-0.3, -0.25) is 0 Å². The van der Waals surface area contributed by atoms with Crippen molar-refractivity contribution >= 4 is 0 Å². The Morgan fingerprint density at radius 2 is 1.00 bits per heavy atom. The van der Waals surface area contributed by atoms with Crippen molar-refractivity contribution < 1.29 is 13.2 Å². The quantitative estimate of drug-likeness (QED) is 0.355. The molecule has 0 spiro atoms. The van der Waals surface area contributed by atoms with Crippen LogP contribution in [0.3, 0.4) is 0 Å². The van der Waals surface area contributed by atoms with Crippen molar-refractivity contribution in [2.24, 2.45) is 16.2 Å². The summed E-state index contributed by atoms with van der Waals surface area (Å²) in [6.45, 7) is 34.7. The lowest BCUT2D eigenvalue weighted by atomic mass is 9.89. The Hall–Kier alpha value is -1.59. The van der Waals surface area contributed by atoms with Crippen LogP contribution in [0.2, 0.25) is 0 Å². The van der Waals surface area contributed by atoms with Gasteiger partial charge in [0.2, 0.25) is 0 Å². The van der Waals surface area contributed by atoms with Gasteiger partial charge in [-0.2, -0.15) is 0 Å². The van der Waals surface area contributed by atoms with Gasteiger partial charge < -0.3 is 14.7 Å². The molecule has 0 atom stereocenters. The molecule has 6 heteroatoms. The van der Waals surface area contributed by atoms with Crippen LogP contribution in [-0.4, -0.2) is 66.1 Å². The van der Waals surface area contributed by atoms with Crippen molar-refractivity contribution in [3.8, 4) is 0 Å². The molecular weight excluding hydrogens is 459 g/mol. The van der Waals surface area contributed by atoms with E-state index in [0.717, 1.165) is 30.7 Å². The summed E-state index contributed by atoms with van der Waals surface area (Å²) in [7, 11) is 0. The zero-order chi connectivity index (χ0) is 28.1. The molecule has 0 aromatic rings. The lowest BCUT2D eigenvalue weighted by Gasteiger charge is -2.42. The van der Waals surface area contributed by atoms with Gasteiger partial charge >= 0.3 is 0 Å². The normalized spacial score (nSPS) is 19.5. The average Bonchev–Trinajstić information content (AvgIpc) is 2.51. The van der Waals surface area contributed by atoms with Crippen LogP contribution in [0, 0.1) is 16.2 Å². The van der Waals surface area contributed by atoms with Crippen molar-refractivity contribution in [2.45, 2.75) is 100 Å². The van der Waals surface area contributed by atoms with Gasteiger partial charge in [0.25, 0.3) is 5.92 Å². The van der Waals surface area contributed by atoms with Gasteiger partial charge in [-0.1, -0.05) is 82.1 Å². The van der Waals surface area contributed by atoms with Crippen LogP contribution in [0.15, 0.2) is 36.8 Å². The molecule has 0 N–H and O–H groups in total. The smallest absolute Gasteiger partial charge is 0.282 e. The number of rotatable bonds is 6. The molecule has 3 heterocycles. The van der Waals surface area contributed by atoms with E-state index in [0.29, 0.717) is 18.5 Å². The lowest BCUT2D eigenvalue weighted by molar-refractivity contribution is -0.118. The third-order valence-corrected chi connectivity index (χ3v) is 6.08. The van der Waals surface area contributed by atoms with Gasteiger partial charge in [0.15, 0.2) is 0 Å². The first-order valence-electron chi connectivity index (χ1n) is 13.4. The van der Waals surface area contributed by atoms with Crippen molar-refractivity contribution in [3.05, 3.63) is 36.8 Å². The summed E-state index contributed by atoms with van der Waals surface area (Å²) in [4.78, 5) is 6.06. The second kappa shape index (κ2) is 12.3. The van der Waals surface area contributed by atoms with E-state index in [2.05, 4.69) is 87.0 Å². The summed E-state index contributed by atoms with van der Waals surface area (Å²) in [5.74, 6) is -2.49. The minimum atomic E-state index is -2.49. The largest absolute Gasteiger partial charge is 0.375 e. The molecule has 0 aliphatic carbocycles. The predicted molar refractivity (Wildman–Crippen MR) is 149 cm³/mol.